The third-order valence-corrected chi connectivity index (χ3v) is 5.53. The van der Waals surface area contributed by atoms with Crippen LogP contribution >= 0.6 is 11.6 Å². The number of nitrogens with zero attached hydrogens (tertiary/aromatic N) is 1. The Bertz CT molecular complexity index is 510. The van der Waals surface area contributed by atoms with E-state index in [0.717, 1.165) is 25.9 Å². The summed E-state index contributed by atoms with van der Waals surface area (Å²) in [6.07, 6.45) is 2.19. The molecule has 106 valence electrons. The molecule has 1 aromatic carbocycles. The molecule has 19 heavy (non-hydrogen) atoms. The van der Waals surface area contributed by atoms with Crippen LogP contribution in [0.15, 0.2) is 29.2 Å². The van der Waals surface area contributed by atoms with Crippen molar-refractivity contribution in [2.75, 3.05) is 26.7 Å². The van der Waals surface area contributed by atoms with Crippen molar-refractivity contribution in [1.82, 2.24) is 9.62 Å². The van der Waals surface area contributed by atoms with Crippen LogP contribution in [0, 0.1) is 5.92 Å². The van der Waals surface area contributed by atoms with Crippen LogP contribution in [-0.2, 0) is 10.0 Å². The van der Waals surface area contributed by atoms with E-state index in [4.69, 9.17) is 11.6 Å². The van der Waals surface area contributed by atoms with Gasteiger partial charge < -0.3 is 5.32 Å². The Morgan fingerprint density at radius 1 is 1.37 bits per heavy atom. The van der Waals surface area contributed by atoms with Gasteiger partial charge in [-0.15, -0.1) is 0 Å². The molecule has 1 atom stereocenters. The van der Waals surface area contributed by atoms with Gasteiger partial charge in [-0.1, -0.05) is 11.6 Å². The van der Waals surface area contributed by atoms with E-state index in [1.165, 1.54) is 4.31 Å². The highest BCUT2D eigenvalue weighted by Gasteiger charge is 2.24. The highest BCUT2D eigenvalue weighted by Crippen LogP contribution is 2.20. The molecular formula is C13H19ClN2O2S. The molecule has 1 aliphatic rings. The number of nitrogens with one attached hydrogen (secondary N) is 1. The van der Waals surface area contributed by atoms with Gasteiger partial charge in [-0.25, -0.2) is 12.7 Å². The Morgan fingerprint density at radius 2 is 2.05 bits per heavy atom. The monoisotopic (exact) mass is 302 g/mol. The molecule has 1 N–H and O–H groups in total. The number of hydrogen-bond donors (Lipinski definition) is 1. The van der Waals surface area contributed by atoms with Gasteiger partial charge in [-0.3, -0.25) is 0 Å². The minimum Gasteiger partial charge on any atom is -0.316 e. The number of sulfonamides is 1. The topological polar surface area (TPSA) is 49.4 Å². The van der Waals surface area contributed by atoms with Gasteiger partial charge in [0, 0.05) is 18.6 Å². The zero-order chi connectivity index (χ0) is 13.9. The van der Waals surface area contributed by atoms with E-state index < -0.39 is 10.0 Å². The predicted molar refractivity (Wildman–Crippen MR) is 76.9 cm³/mol. The van der Waals surface area contributed by atoms with Crippen LogP contribution in [0.2, 0.25) is 5.02 Å². The average Bonchev–Trinajstić information content (AvgIpc) is 2.40. The van der Waals surface area contributed by atoms with Crippen LogP contribution in [0.3, 0.4) is 0 Å². The minimum absolute atomic E-state index is 0.295. The number of rotatable bonds is 4. The molecule has 0 aliphatic carbocycles. The van der Waals surface area contributed by atoms with Crippen LogP contribution < -0.4 is 5.32 Å². The predicted octanol–water partition coefficient (Wildman–Crippen LogP) is 1.96. The van der Waals surface area contributed by atoms with Crippen molar-refractivity contribution in [2.24, 2.45) is 5.92 Å². The number of hydrogen-bond acceptors (Lipinski definition) is 3. The van der Waals surface area contributed by atoms with Crippen molar-refractivity contribution in [3.63, 3.8) is 0 Å². The Kier molecular flexibility index (Phi) is 4.84. The maximum atomic E-state index is 12.4. The quantitative estimate of drug-likeness (QED) is 0.925. The first-order valence-electron chi connectivity index (χ1n) is 6.43. The SMILES string of the molecule is CN(CC1CCCNC1)S(=O)(=O)c1ccc(Cl)cc1. The van der Waals surface area contributed by atoms with Gasteiger partial charge in [0.25, 0.3) is 0 Å². The molecule has 0 spiro atoms. The maximum absolute atomic E-state index is 12.4. The molecule has 0 amide bonds. The normalized spacial score (nSPS) is 20.7. The summed E-state index contributed by atoms with van der Waals surface area (Å²) in [5, 5.41) is 3.84. The van der Waals surface area contributed by atoms with Gasteiger partial charge in [-0.2, -0.15) is 0 Å². The first kappa shape index (κ1) is 14.8. The largest absolute Gasteiger partial charge is 0.316 e. The zero-order valence-corrected chi connectivity index (χ0v) is 12.5. The highest BCUT2D eigenvalue weighted by atomic mass is 35.5. The molecule has 1 saturated heterocycles. The number of piperidine rings is 1. The van der Waals surface area contributed by atoms with E-state index in [0.29, 0.717) is 22.4 Å². The fourth-order valence-electron chi connectivity index (χ4n) is 2.33. The molecule has 1 aliphatic heterocycles. The lowest BCUT2D eigenvalue weighted by atomic mass is 10.00. The Morgan fingerprint density at radius 3 is 2.63 bits per heavy atom. The first-order chi connectivity index (χ1) is 9.00. The molecule has 1 aromatic rings. The van der Waals surface area contributed by atoms with E-state index in [1.807, 2.05) is 0 Å². The minimum atomic E-state index is -3.41. The second-order valence-corrected chi connectivity index (χ2v) is 7.43. The third kappa shape index (κ3) is 3.69. The van der Waals surface area contributed by atoms with Crippen molar-refractivity contribution in [2.45, 2.75) is 17.7 Å². The van der Waals surface area contributed by atoms with E-state index in [-0.39, 0.29) is 0 Å². The summed E-state index contributed by atoms with van der Waals surface area (Å²) in [4.78, 5) is 0.295. The lowest BCUT2D eigenvalue weighted by Crippen LogP contribution is -2.39. The average molecular weight is 303 g/mol. The summed E-state index contributed by atoms with van der Waals surface area (Å²) >= 11 is 5.78. The van der Waals surface area contributed by atoms with Gasteiger partial charge >= 0.3 is 0 Å². The maximum Gasteiger partial charge on any atom is 0.242 e. The summed E-state index contributed by atoms with van der Waals surface area (Å²) < 4.78 is 26.2. The number of benzene rings is 1. The molecule has 2 rings (SSSR count). The third-order valence-electron chi connectivity index (χ3n) is 3.44. The molecule has 0 aromatic heterocycles. The van der Waals surface area contributed by atoms with Gasteiger partial charge in [0.05, 0.1) is 4.90 Å². The van der Waals surface area contributed by atoms with Crippen LogP contribution in [0.4, 0.5) is 0 Å². The zero-order valence-electron chi connectivity index (χ0n) is 11.0. The second-order valence-electron chi connectivity index (χ2n) is 4.95. The molecule has 1 unspecified atom stereocenters. The molecule has 0 bridgehead atoms. The highest BCUT2D eigenvalue weighted by molar-refractivity contribution is 7.89. The lowest BCUT2D eigenvalue weighted by Gasteiger charge is -2.27. The Hall–Kier alpha value is -0.620. The standard InChI is InChI=1S/C13H19ClN2O2S/c1-16(10-11-3-2-8-15-9-11)19(17,18)13-6-4-12(14)5-7-13/h4-7,11,15H,2-3,8-10H2,1H3. The summed E-state index contributed by atoms with van der Waals surface area (Å²) in [6, 6.07) is 6.30. The lowest BCUT2D eigenvalue weighted by molar-refractivity contribution is 0.315. The van der Waals surface area contributed by atoms with Gasteiger partial charge in [-0.05, 0) is 56.1 Å². The van der Waals surface area contributed by atoms with E-state index in [9.17, 15) is 8.42 Å². The van der Waals surface area contributed by atoms with Crippen LogP contribution in [0.1, 0.15) is 12.8 Å². The van der Waals surface area contributed by atoms with E-state index in [2.05, 4.69) is 5.32 Å². The van der Waals surface area contributed by atoms with Crippen molar-refractivity contribution >= 4 is 21.6 Å². The van der Waals surface area contributed by atoms with Crippen LogP contribution in [-0.4, -0.2) is 39.4 Å². The van der Waals surface area contributed by atoms with E-state index >= 15 is 0 Å². The van der Waals surface area contributed by atoms with Crippen molar-refractivity contribution < 1.29 is 8.42 Å². The van der Waals surface area contributed by atoms with Crippen molar-refractivity contribution in [3.8, 4) is 0 Å². The molecule has 4 nitrogen and oxygen atoms in total. The molecule has 0 saturated carbocycles. The van der Waals surface area contributed by atoms with Gasteiger partial charge in [0.15, 0.2) is 0 Å². The van der Waals surface area contributed by atoms with Gasteiger partial charge in [0.1, 0.15) is 0 Å². The van der Waals surface area contributed by atoms with Gasteiger partial charge in [0.2, 0.25) is 10.0 Å². The summed E-state index contributed by atoms with van der Waals surface area (Å²) in [7, 11) is -1.77. The summed E-state index contributed by atoms with van der Waals surface area (Å²) in [5.74, 6) is 0.390. The second kappa shape index (κ2) is 6.22. The van der Waals surface area contributed by atoms with Crippen molar-refractivity contribution in [1.29, 1.82) is 0 Å². The van der Waals surface area contributed by atoms with Crippen molar-refractivity contribution in [3.05, 3.63) is 29.3 Å². The first-order valence-corrected chi connectivity index (χ1v) is 8.24. The Balaban J connectivity index is 2.07. The molecule has 6 heteroatoms. The fourth-order valence-corrected chi connectivity index (χ4v) is 3.70. The van der Waals surface area contributed by atoms with Crippen LogP contribution in [0.25, 0.3) is 0 Å². The summed E-state index contributed by atoms with van der Waals surface area (Å²) in [5.41, 5.74) is 0. The summed E-state index contributed by atoms with van der Waals surface area (Å²) in [6.45, 7) is 2.47. The smallest absolute Gasteiger partial charge is 0.242 e. The Labute approximate surface area is 119 Å². The molecule has 1 heterocycles. The molecule has 0 radical (unpaired) electrons. The van der Waals surface area contributed by atoms with E-state index in [1.54, 1.807) is 31.3 Å². The molecule has 1 fully saturated rings. The van der Waals surface area contributed by atoms with Crippen LogP contribution in [0.5, 0.6) is 0 Å². The fraction of sp³-hybridized carbons (Fsp3) is 0.538. The number of halogens is 1. The molecular weight excluding hydrogens is 284 g/mol.